The van der Waals surface area contributed by atoms with E-state index in [1.807, 2.05) is 0 Å². The second kappa shape index (κ2) is 6.37. The molecule has 84 valence electrons. The van der Waals surface area contributed by atoms with Crippen LogP contribution in [0.4, 0.5) is 4.39 Å². The first kappa shape index (κ1) is 11.9. The highest BCUT2D eigenvalue weighted by Gasteiger charge is 2.05. The quantitative estimate of drug-likeness (QED) is 0.781. The molecule has 1 unspecified atom stereocenters. The van der Waals surface area contributed by atoms with Crippen LogP contribution in [-0.4, -0.2) is 31.5 Å². The van der Waals surface area contributed by atoms with Crippen LogP contribution in [0.1, 0.15) is 6.42 Å². The second-order valence-electron chi connectivity index (χ2n) is 3.20. The van der Waals surface area contributed by atoms with Gasteiger partial charge in [-0.3, -0.25) is 0 Å². The lowest BCUT2D eigenvalue weighted by Crippen LogP contribution is -2.19. The van der Waals surface area contributed by atoms with Gasteiger partial charge in [-0.25, -0.2) is 4.39 Å². The van der Waals surface area contributed by atoms with Crippen LogP contribution in [0.15, 0.2) is 24.3 Å². The molecule has 0 aliphatic carbocycles. The lowest BCUT2D eigenvalue weighted by atomic mass is 10.3. The number of aliphatic hydroxyl groups excluding tert-OH is 1. The molecular formula is C11H15FO3. The number of hydrogen-bond donors (Lipinski definition) is 1. The molecule has 0 aromatic heterocycles. The third kappa shape index (κ3) is 4.76. The molecule has 3 nitrogen and oxygen atoms in total. The molecule has 0 saturated heterocycles. The standard InChI is InChI=1S/C11H15FO3/c1-14-6-5-10(13)8-15-11-4-2-3-9(12)7-11/h2-4,7,10,13H,5-6,8H2,1H3. The van der Waals surface area contributed by atoms with Gasteiger partial charge in [-0.1, -0.05) is 6.07 Å². The molecule has 0 spiro atoms. The van der Waals surface area contributed by atoms with E-state index in [2.05, 4.69) is 0 Å². The number of rotatable bonds is 6. The van der Waals surface area contributed by atoms with Crippen molar-refractivity contribution < 1.29 is 19.0 Å². The van der Waals surface area contributed by atoms with Crippen LogP contribution in [0, 0.1) is 5.82 Å². The summed E-state index contributed by atoms with van der Waals surface area (Å²) in [6.45, 7) is 0.625. The van der Waals surface area contributed by atoms with Gasteiger partial charge in [-0.05, 0) is 18.6 Å². The number of halogens is 1. The van der Waals surface area contributed by atoms with Crippen LogP contribution >= 0.6 is 0 Å². The van der Waals surface area contributed by atoms with Crippen LogP contribution in [0.25, 0.3) is 0 Å². The maximum absolute atomic E-state index is 12.7. The van der Waals surface area contributed by atoms with Gasteiger partial charge in [-0.15, -0.1) is 0 Å². The SMILES string of the molecule is COCCC(O)COc1cccc(F)c1. The van der Waals surface area contributed by atoms with Crippen molar-refractivity contribution in [3.8, 4) is 5.75 Å². The molecule has 1 rings (SSSR count). The Bertz CT molecular complexity index is 291. The summed E-state index contributed by atoms with van der Waals surface area (Å²) in [6, 6.07) is 5.83. The first-order chi connectivity index (χ1) is 7.22. The fourth-order valence-electron chi connectivity index (χ4n) is 1.09. The molecular weight excluding hydrogens is 199 g/mol. The van der Waals surface area contributed by atoms with Crippen molar-refractivity contribution in [3.05, 3.63) is 30.1 Å². The van der Waals surface area contributed by atoms with Crippen molar-refractivity contribution in [1.82, 2.24) is 0 Å². The molecule has 4 heteroatoms. The van der Waals surface area contributed by atoms with Gasteiger partial charge in [0.2, 0.25) is 0 Å². The average molecular weight is 214 g/mol. The Balaban J connectivity index is 2.30. The minimum absolute atomic E-state index is 0.146. The monoisotopic (exact) mass is 214 g/mol. The number of benzene rings is 1. The molecule has 0 aliphatic heterocycles. The minimum atomic E-state index is -0.590. The molecule has 1 aromatic carbocycles. The Kier molecular flexibility index (Phi) is 5.07. The first-order valence-electron chi connectivity index (χ1n) is 4.77. The van der Waals surface area contributed by atoms with E-state index in [0.717, 1.165) is 0 Å². The van der Waals surface area contributed by atoms with Gasteiger partial charge >= 0.3 is 0 Å². The maximum Gasteiger partial charge on any atom is 0.126 e. The van der Waals surface area contributed by atoms with E-state index in [4.69, 9.17) is 9.47 Å². The largest absolute Gasteiger partial charge is 0.491 e. The van der Waals surface area contributed by atoms with Crippen molar-refractivity contribution >= 4 is 0 Å². The van der Waals surface area contributed by atoms with E-state index >= 15 is 0 Å². The molecule has 0 heterocycles. The van der Waals surface area contributed by atoms with Crippen molar-refractivity contribution in [2.75, 3.05) is 20.3 Å². The van der Waals surface area contributed by atoms with Crippen molar-refractivity contribution in [2.24, 2.45) is 0 Å². The minimum Gasteiger partial charge on any atom is -0.491 e. The Labute approximate surface area is 88.4 Å². The zero-order valence-corrected chi connectivity index (χ0v) is 8.65. The van der Waals surface area contributed by atoms with E-state index < -0.39 is 6.10 Å². The molecule has 0 aliphatic rings. The highest BCUT2D eigenvalue weighted by molar-refractivity contribution is 5.22. The zero-order valence-electron chi connectivity index (χ0n) is 8.65. The van der Waals surface area contributed by atoms with Crippen LogP contribution in [-0.2, 0) is 4.74 Å². The third-order valence-electron chi connectivity index (χ3n) is 1.89. The fraction of sp³-hybridized carbons (Fsp3) is 0.455. The number of hydrogen-bond acceptors (Lipinski definition) is 3. The summed E-state index contributed by atoms with van der Waals surface area (Å²) in [6.07, 6.45) is -0.0838. The number of aliphatic hydroxyl groups is 1. The molecule has 15 heavy (non-hydrogen) atoms. The van der Waals surface area contributed by atoms with Crippen LogP contribution in [0.5, 0.6) is 5.75 Å². The van der Waals surface area contributed by atoms with Crippen LogP contribution in [0.2, 0.25) is 0 Å². The fourth-order valence-corrected chi connectivity index (χ4v) is 1.09. The summed E-state index contributed by atoms with van der Waals surface area (Å²) >= 11 is 0. The normalized spacial score (nSPS) is 12.5. The Morgan fingerprint density at radius 3 is 2.93 bits per heavy atom. The van der Waals surface area contributed by atoms with Gasteiger partial charge in [0.1, 0.15) is 18.2 Å². The van der Waals surface area contributed by atoms with Gasteiger partial charge < -0.3 is 14.6 Å². The van der Waals surface area contributed by atoms with Gasteiger partial charge in [0.15, 0.2) is 0 Å². The van der Waals surface area contributed by atoms with Gasteiger partial charge in [0.25, 0.3) is 0 Å². The van der Waals surface area contributed by atoms with Crippen molar-refractivity contribution in [1.29, 1.82) is 0 Å². The summed E-state index contributed by atoms with van der Waals surface area (Å²) < 4.78 is 22.7. The van der Waals surface area contributed by atoms with Crippen molar-refractivity contribution in [3.63, 3.8) is 0 Å². The van der Waals surface area contributed by atoms with Crippen molar-refractivity contribution in [2.45, 2.75) is 12.5 Å². The predicted octanol–water partition coefficient (Wildman–Crippen LogP) is 1.60. The maximum atomic E-state index is 12.7. The Morgan fingerprint density at radius 1 is 1.47 bits per heavy atom. The molecule has 0 fully saturated rings. The summed E-state index contributed by atoms with van der Waals surface area (Å²) in [5.74, 6) is 0.0744. The van der Waals surface area contributed by atoms with E-state index in [0.29, 0.717) is 18.8 Å². The Hall–Kier alpha value is -1.13. The predicted molar refractivity (Wildman–Crippen MR) is 54.4 cm³/mol. The lowest BCUT2D eigenvalue weighted by Gasteiger charge is -2.11. The number of ether oxygens (including phenoxy) is 2. The Morgan fingerprint density at radius 2 is 2.27 bits per heavy atom. The third-order valence-corrected chi connectivity index (χ3v) is 1.89. The summed E-state index contributed by atoms with van der Waals surface area (Å²) in [4.78, 5) is 0. The topological polar surface area (TPSA) is 38.7 Å². The first-order valence-corrected chi connectivity index (χ1v) is 4.77. The second-order valence-corrected chi connectivity index (χ2v) is 3.20. The van der Waals surface area contributed by atoms with E-state index in [-0.39, 0.29) is 12.4 Å². The van der Waals surface area contributed by atoms with E-state index in [1.54, 1.807) is 19.2 Å². The average Bonchev–Trinajstić information content (AvgIpc) is 2.23. The number of methoxy groups -OCH3 is 1. The van der Waals surface area contributed by atoms with Gasteiger partial charge in [-0.2, -0.15) is 0 Å². The van der Waals surface area contributed by atoms with Gasteiger partial charge in [0.05, 0.1) is 6.10 Å². The molecule has 1 aromatic rings. The molecule has 1 N–H and O–H groups in total. The van der Waals surface area contributed by atoms with Crippen LogP contribution in [0.3, 0.4) is 0 Å². The highest BCUT2D eigenvalue weighted by Crippen LogP contribution is 2.12. The van der Waals surface area contributed by atoms with Gasteiger partial charge in [0, 0.05) is 19.8 Å². The lowest BCUT2D eigenvalue weighted by molar-refractivity contribution is 0.0705. The molecule has 1 atom stereocenters. The highest BCUT2D eigenvalue weighted by atomic mass is 19.1. The smallest absolute Gasteiger partial charge is 0.126 e. The molecule has 0 saturated carbocycles. The van der Waals surface area contributed by atoms with E-state index in [1.165, 1.54) is 12.1 Å². The molecule has 0 bridgehead atoms. The zero-order chi connectivity index (χ0) is 11.1. The summed E-state index contributed by atoms with van der Waals surface area (Å²) in [5.41, 5.74) is 0. The van der Waals surface area contributed by atoms with E-state index in [9.17, 15) is 9.50 Å². The molecule has 0 amide bonds. The summed E-state index contributed by atoms with van der Waals surface area (Å²) in [7, 11) is 1.57. The summed E-state index contributed by atoms with van der Waals surface area (Å²) in [5, 5.41) is 9.41. The molecule has 0 radical (unpaired) electrons. The van der Waals surface area contributed by atoms with Crippen LogP contribution < -0.4 is 4.74 Å².